The Morgan fingerprint density at radius 3 is 0.767 bits per heavy atom. The van der Waals surface area contributed by atoms with Crippen LogP contribution in [-0.4, -0.2) is 84.2 Å². The molecule has 0 aromatic rings. The van der Waals surface area contributed by atoms with Crippen molar-refractivity contribution in [3.05, 3.63) is 0 Å². The SMILES string of the molecule is O=C(O)[C@@H]1[C@H]2CS(=O)(=O)C[C@H]2[C@@H]1C(=O)O.O=C(O)[C@@H]1[C@H]2CS(=O)(=O)C[C@H]2[C@@H]1C(=O)O. The Labute approximate surface area is 170 Å². The number of hydrogen-bond donors (Lipinski definition) is 4. The first kappa shape index (κ1) is 22.5. The lowest BCUT2D eigenvalue weighted by Gasteiger charge is -2.42. The van der Waals surface area contributed by atoms with Crippen molar-refractivity contribution in [2.24, 2.45) is 47.3 Å². The van der Waals surface area contributed by atoms with Crippen LogP contribution in [0.2, 0.25) is 0 Å². The molecule has 2 aliphatic heterocycles. The van der Waals surface area contributed by atoms with Crippen molar-refractivity contribution in [3.8, 4) is 0 Å². The van der Waals surface area contributed by atoms with E-state index in [4.69, 9.17) is 20.4 Å². The zero-order valence-electron chi connectivity index (χ0n) is 15.3. The number of carboxylic acid groups (broad SMARTS) is 4. The lowest BCUT2D eigenvalue weighted by Crippen LogP contribution is -2.53. The number of hydrogen-bond acceptors (Lipinski definition) is 8. The number of sulfone groups is 2. The van der Waals surface area contributed by atoms with Crippen LogP contribution in [0.15, 0.2) is 0 Å². The summed E-state index contributed by atoms with van der Waals surface area (Å²) in [5.41, 5.74) is 0. The van der Waals surface area contributed by atoms with Gasteiger partial charge in [0.2, 0.25) is 0 Å². The molecule has 0 unspecified atom stereocenters. The number of aliphatic carboxylic acids is 4. The molecule has 0 amide bonds. The lowest BCUT2D eigenvalue weighted by atomic mass is 9.58. The number of rotatable bonds is 4. The van der Waals surface area contributed by atoms with Crippen LogP contribution in [0.4, 0.5) is 0 Å². The highest BCUT2D eigenvalue weighted by Crippen LogP contribution is 2.52. The summed E-state index contributed by atoms with van der Waals surface area (Å²) in [6.45, 7) is 0. The maximum atomic E-state index is 11.2. The van der Waals surface area contributed by atoms with Crippen LogP contribution in [0.5, 0.6) is 0 Å². The summed E-state index contributed by atoms with van der Waals surface area (Å²) in [5, 5.41) is 35.2. The molecule has 4 aliphatic rings. The maximum absolute atomic E-state index is 11.2. The third-order valence-electron chi connectivity index (χ3n) is 6.64. The van der Waals surface area contributed by atoms with E-state index in [0.29, 0.717) is 0 Å². The summed E-state index contributed by atoms with van der Waals surface area (Å²) in [4.78, 5) is 43.2. The number of carboxylic acids is 4. The third-order valence-corrected chi connectivity index (χ3v) is 10.2. The number of carbonyl (C=O) groups is 4. The Hall–Kier alpha value is -2.22. The fourth-order valence-corrected chi connectivity index (χ4v) is 9.84. The van der Waals surface area contributed by atoms with Crippen LogP contribution in [0, 0.1) is 47.3 Å². The van der Waals surface area contributed by atoms with E-state index in [1.54, 1.807) is 0 Å². The minimum atomic E-state index is -3.24. The predicted molar refractivity (Wildman–Crippen MR) is 95.8 cm³/mol. The van der Waals surface area contributed by atoms with E-state index in [1.165, 1.54) is 0 Å². The first-order chi connectivity index (χ1) is 13.7. The van der Waals surface area contributed by atoms with Crippen molar-refractivity contribution in [2.45, 2.75) is 0 Å². The van der Waals surface area contributed by atoms with Gasteiger partial charge in [0, 0.05) is 0 Å². The first-order valence-corrected chi connectivity index (χ1v) is 12.6. The molecule has 0 aromatic carbocycles. The van der Waals surface area contributed by atoms with Gasteiger partial charge in [-0.15, -0.1) is 0 Å². The summed E-state index contributed by atoms with van der Waals surface area (Å²) in [7, 11) is -6.48. The van der Waals surface area contributed by atoms with Gasteiger partial charge in [-0.05, 0) is 23.7 Å². The Bertz CT molecular complexity index is 863. The van der Waals surface area contributed by atoms with E-state index in [-0.39, 0.29) is 23.0 Å². The quantitative estimate of drug-likeness (QED) is 0.356. The summed E-state index contributed by atoms with van der Waals surface area (Å²) >= 11 is 0. The zero-order valence-corrected chi connectivity index (χ0v) is 17.0. The molecule has 0 bridgehead atoms. The standard InChI is InChI=1S/2C8H10O6S/c2*9-7(10)5-3-1-15(13,14)2-4(3)6(5)8(11)12/h2*3-6H,1-2H2,(H,9,10)(H,11,12)/t2*3-,4+,5+,6-. The average Bonchev–Trinajstić information content (AvgIpc) is 2.94. The molecule has 4 fully saturated rings. The fraction of sp³-hybridized carbons (Fsp3) is 0.750. The van der Waals surface area contributed by atoms with E-state index >= 15 is 0 Å². The predicted octanol–water partition coefficient (Wildman–Crippen LogP) is -1.88. The first-order valence-electron chi connectivity index (χ1n) is 8.99. The molecule has 2 saturated carbocycles. The molecule has 0 radical (unpaired) electrons. The van der Waals surface area contributed by atoms with Crippen molar-refractivity contribution in [3.63, 3.8) is 0 Å². The van der Waals surface area contributed by atoms with Crippen LogP contribution in [0.3, 0.4) is 0 Å². The molecule has 4 rings (SSSR count). The van der Waals surface area contributed by atoms with E-state index < -0.39 is 90.9 Å². The molecule has 2 aliphatic carbocycles. The Morgan fingerprint density at radius 1 is 0.467 bits per heavy atom. The summed E-state index contributed by atoms with van der Waals surface area (Å²) in [6, 6.07) is 0. The molecular formula is C16H20O12S2. The topological polar surface area (TPSA) is 217 Å². The van der Waals surface area contributed by atoms with Crippen LogP contribution in [-0.2, 0) is 38.9 Å². The van der Waals surface area contributed by atoms with Crippen molar-refractivity contribution in [2.75, 3.05) is 23.0 Å². The van der Waals surface area contributed by atoms with Crippen LogP contribution in [0.25, 0.3) is 0 Å². The second-order valence-corrected chi connectivity index (χ2v) is 12.6. The Balaban J connectivity index is 0.000000171. The smallest absolute Gasteiger partial charge is 0.307 e. The van der Waals surface area contributed by atoms with Gasteiger partial charge in [-0.2, -0.15) is 0 Å². The van der Waals surface area contributed by atoms with Crippen molar-refractivity contribution >= 4 is 43.6 Å². The van der Waals surface area contributed by atoms with Gasteiger partial charge in [-0.25, -0.2) is 16.8 Å². The molecule has 0 spiro atoms. The highest BCUT2D eigenvalue weighted by atomic mass is 32.2. The van der Waals surface area contributed by atoms with Crippen LogP contribution in [0.1, 0.15) is 0 Å². The molecule has 8 atom stereocenters. The molecule has 30 heavy (non-hydrogen) atoms. The second kappa shape index (κ2) is 7.18. The van der Waals surface area contributed by atoms with Gasteiger partial charge in [0.25, 0.3) is 0 Å². The van der Waals surface area contributed by atoms with E-state index in [0.717, 1.165) is 0 Å². The highest BCUT2D eigenvalue weighted by Gasteiger charge is 2.64. The summed E-state index contributed by atoms with van der Waals surface area (Å²) in [5.74, 6) is -11.7. The van der Waals surface area contributed by atoms with Crippen molar-refractivity contribution in [1.29, 1.82) is 0 Å². The van der Waals surface area contributed by atoms with Gasteiger partial charge in [0.05, 0.1) is 46.7 Å². The lowest BCUT2D eigenvalue weighted by molar-refractivity contribution is -0.170. The average molecular weight is 468 g/mol. The summed E-state index contributed by atoms with van der Waals surface area (Å²) in [6.07, 6.45) is 0. The molecular weight excluding hydrogens is 448 g/mol. The van der Waals surface area contributed by atoms with Gasteiger partial charge in [0.1, 0.15) is 0 Å². The van der Waals surface area contributed by atoms with Crippen LogP contribution < -0.4 is 0 Å². The Kier molecular flexibility index (Phi) is 5.38. The molecule has 14 heteroatoms. The Morgan fingerprint density at radius 2 is 0.633 bits per heavy atom. The van der Waals surface area contributed by atoms with Gasteiger partial charge in [0.15, 0.2) is 19.7 Å². The van der Waals surface area contributed by atoms with Gasteiger partial charge >= 0.3 is 23.9 Å². The van der Waals surface area contributed by atoms with Crippen LogP contribution >= 0.6 is 0 Å². The normalized spacial score (nSPS) is 41.6. The van der Waals surface area contributed by atoms with E-state index in [9.17, 15) is 36.0 Å². The maximum Gasteiger partial charge on any atom is 0.307 e. The third kappa shape index (κ3) is 3.66. The fourth-order valence-electron chi connectivity index (χ4n) is 5.40. The van der Waals surface area contributed by atoms with Crippen molar-refractivity contribution in [1.82, 2.24) is 0 Å². The van der Waals surface area contributed by atoms with Gasteiger partial charge in [-0.3, -0.25) is 19.2 Å². The van der Waals surface area contributed by atoms with Gasteiger partial charge in [-0.1, -0.05) is 0 Å². The molecule has 0 aromatic heterocycles. The van der Waals surface area contributed by atoms with E-state index in [1.807, 2.05) is 0 Å². The summed E-state index contributed by atoms with van der Waals surface area (Å²) < 4.78 is 45.0. The van der Waals surface area contributed by atoms with Gasteiger partial charge < -0.3 is 20.4 Å². The number of fused-ring (bicyclic) bond motifs is 2. The molecule has 2 heterocycles. The molecule has 4 N–H and O–H groups in total. The monoisotopic (exact) mass is 468 g/mol. The molecule has 2 saturated heterocycles. The van der Waals surface area contributed by atoms with E-state index in [2.05, 4.69) is 0 Å². The van der Waals surface area contributed by atoms with Crippen molar-refractivity contribution < 1.29 is 56.4 Å². The highest BCUT2D eigenvalue weighted by molar-refractivity contribution is 7.91. The largest absolute Gasteiger partial charge is 0.481 e. The molecule has 168 valence electrons. The molecule has 12 nitrogen and oxygen atoms in total. The zero-order chi connectivity index (χ0) is 22.8. The second-order valence-electron chi connectivity index (χ2n) is 8.27. The minimum absolute atomic E-state index is 0.182. The minimum Gasteiger partial charge on any atom is -0.481 e.